The number of hydrogen-bond donors (Lipinski definition) is 0. The zero-order chi connectivity index (χ0) is 12.0. The molecule has 2 aromatic heterocycles. The maximum absolute atomic E-state index is 6.06. The molecule has 2 heterocycles. The average molecular weight is 251 g/mol. The third-order valence-electron chi connectivity index (χ3n) is 3.13. The van der Waals surface area contributed by atoms with Gasteiger partial charge in [-0.25, -0.2) is 4.98 Å². The van der Waals surface area contributed by atoms with Gasteiger partial charge >= 0.3 is 0 Å². The molecule has 1 fully saturated rings. The van der Waals surface area contributed by atoms with Crippen LogP contribution in [0, 0.1) is 5.92 Å². The van der Waals surface area contributed by atoms with E-state index in [0.29, 0.717) is 22.7 Å². The van der Waals surface area contributed by atoms with Gasteiger partial charge in [-0.1, -0.05) is 30.6 Å². The molecule has 0 amide bonds. The van der Waals surface area contributed by atoms with Crippen molar-refractivity contribution in [3.8, 4) is 0 Å². The Morgan fingerprint density at radius 1 is 1.47 bits per heavy atom. The van der Waals surface area contributed by atoms with Gasteiger partial charge in [-0.2, -0.15) is 0 Å². The number of rotatable bonds is 3. The normalized spacial score (nSPS) is 16.0. The fraction of sp³-hybridized carbons (Fsp3) is 0.538. The fourth-order valence-corrected chi connectivity index (χ4v) is 2.43. The van der Waals surface area contributed by atoms with Gasteiger partial charge in [-0.15, -0.1) is 0 Å². The first-order valence-corrected chi connectivity index (χ1v) is 6.47. The second-order valence-electron chi connectivity index (χ2n) is 5.23. The number of halogens is 1. The second-order valence-corrected chi connectivity index (χ2v) is 5.59. The summed E-state index contributed by atoms with van der Waals surface area (Å²) in [7, 11) is 0. The Bertz CT molecular complexity index is 558. The first-order valence-electron chi connectivity index (χ1n) is 6.10. The molecule has 0 aromatic carbocycles. The highest BCUT2D eigenvalue weighted by molar-refractivity contribution is 6.34. The minimum absolute atomic E-state index is 0.436. The molecular formula is C13H15ClN2O. The van der Waals surface area contributed by atoms with Gasteiger partial charge in [-0.3, -0.25) is 0 Å². The largest absolute Gasteiger partial charge is 0.334 e. The molecular weight excluding hydrogens is 236 g/mol. The van der Waals surface area contributed by atoms with E-state index in [2.05, 4.69) is 30.1 Å². The van der Waals surface area contributed by atoms with Gasteiger partial charge in [0.05, 0.1) is 5.39 Å². The third-order valence-corrected chi connectivity index (χ3v) is 3.39. The molecule has 1 saturated carbocycles. The Morgan fingerprint density at radius 3 is 2.88 bits per heavy atom. The van der Waals surface area contributed by atoms with Crippen molar-refractivity contribution in [2.75, 3.05) is 0 Å². The summed E-state index contributed by atoms with van der Waals surface area (Å²) in [5.41, 5.74) is 2.95. The molecule has 3 nitrogen and oxygen atoms in total. The summed E-state index contributed by atoms with van der Waals surface area (Å²) in [6.45, 7) is 4.40. The molecule has 1 aliphatic rings. The van der Waals surface area contributed by atoms with Gasteiger partial charge in [0.25, 0.3) is 5.71 Å². The van der Waals surface area contributed by atoms with Crippen LogP contribution in [-0.2, 0) is 6.42 Å². The van der Waals surface area contributed by atoms with Gasteiger partial charge in [0.2, 0.25) is 0 Å². The predicted octanol–water partition coefficient (Wildman–Crippen LogP) is 3.95. The SMILES string of the molecule is CC(C)Cc1cc(C2CC2)nc2onc(Cl)c12. The third kappa shape index (κ3) is 2.04. The van der Waals surface area contributed by atoms with Crippen molar-refractivity contribution >= 4 is 22.7 Å². The summed E-state index contributed by atoms with van der Waals surface area (Å²) in [4.78, 5) is 4.51. The number of nitrogens with zero attached hydrogens (tertiary/aromatic N) is 2. The van der Waals surface area contributed by atoms with Gasteiger partial charge in [0.1, 0.15) is 0 Å². The monoisotopic (exact) mass is 250 g/mol. The average Bonchev–Trinajstić information content (AvgIpc) is 3.03. The second kappa shape index (κ2) is 3.98. The van der Waals surface area contributed by atoms with E-state index < -0.39 is 0 Å². The van der Waals surface area contributed by atoms with E-state index in [-0.39, 0.29) is 0 Å². The lowest BCUT2D eigenvalue weighted by Crippen LogP contribution is -1.98. The van der Waals surface area contributed by atoms with Crippen LogP contribution >= 0.6 is 11.6 Å². The van der Waals surface area contributed by atoms with Crippen LogP contribution in [-0.4, -0.2) is 10.1 Å². The maximum atomic E-state index is 6.06. The highest BCUT2D eigenvalue weighted by Gasteiger charge is 2.27. The summed E-state index contributed by atoms with van der Waals surface area (Å²) < 4.78 is 5.20. The molecule has 0 bridgehead atoms. The van der Waals surface area contributed by atoms with Crippen molar-refractivity contribution in [2.24, 2.45) is 5.92 Å². The number of aromatic nitrogens is 2. The van der Waals surface area contributed by atoms with Crippen molar-refractivity contribution in [2.45, 2.75) is 39.0 Å². The van der Waals surface area contributed by atoms with Crippen molar-refractivity contribution in [1.82, 2.24) is 10.1 Å². The molecule has 1 aliphatic carbocycles. The molecule has 0 unspecified atom stereocenters. The topological polar surface area (TPSA) is 38.9 Å². The molecule has 4 heteroatoms. The van der Waals surface area contributed by atoms with Crippen molar-refractivity contribution in [1.29, 1.82) is 0 Å². The van der Waals surface area contributed by atoms with E-state index in [1.807, 2.05) is 0 Å². The summed E-state index contributed by atoms with van der Waals surface area (Å²) in [5, 5.41) is 5.14. The van der Waals surface area contributed by atoms with E-state index in [1.54, 1.807) is 0 Å². The summed E-state index contributed by atoms with van der Waals surface area (Å²) in [6.07, 6.45) is 3.46. The number of pyridine rings is 1. The first kappa shape index (κ1) is 11.0. The predicted molar refractivity (Wildman–Crippen MR) is 67.3 cm³/mol. The Hall–Kier alpha value is -1.09. The lowest BCUT2D eigenvalue weighted by atomic mass is 10.00. The minimum atomic E-state index is 0.436. The standard InChI is InChI=1S/C13H15ClN2O/c1-7(2)5-9-6-10(8-3-4-8)15-13-11(9)12(14)16-17-13/h6-8H,3-5H2,1-2H3. The summed E-state index contributed by atoms with van der Waals surface area (Å²) in [6, 6.07) is 2.18. The molecule has 90 valence electrons. The Labute approximate surface area is 105 Å². The summed E-state index contributed by atoms with van der Waals surface area (Å²) >= 11 is 6.06. The Balaban J connectivity index is 2.16. The van der Waals surface area contributed by atoms with Crippen LogP contribution in [0.5, 0.6) is 0 Å². The molecule has 2 aromatic rings. The zero-order valence-electron chi connectivity index (χ0n) is 10.0. The van der Waals surface area contributed by atoms with Crippen LogP contribution < -0.4 is 0 Å². The molecule has 0 N–H and O–H groups in total. The molecule has 0 radical (unpaired) electrons. The van der Waals surface area contributed by atoms with Gasteiger partial charge in [0.15, 0.2) is 5.15 Å². The fourth-order valence-electron chi connectivity index (χ4n) is 2.20. The van der Waals surface area contributed by atoms with Crippen LogP contribution in [0.25, 0.3) is 11.1 Å². The zero-order valence-corrected chi connectivity index (χ0v) is 10.8. The Kier molecular flexibility index (Phi) is 2.58. The Morgan fingerprint density at radius 2 is 2.24 bits per heavy atom. The van der Waals surface area contributed by atoms with E-state index >= 15 is 0 Å². The highest BCUT2D eigenvalue weighted by Crippen LogP contribution is 2.41. The molecule has 3 rings (SSSR count). The molecule has 0 saturated heterocycles. The first-order chi connectivity index (χ1) is 8.15. The van der Waals surface area contributed by atoms with E-state index in [1.165, 1.54) is 18.4 Å². The molecule has 0 aliphatic heterocycles. The van der Waals surface area contributed by atoms with Crippen molar-refractivity contribution in [3.05, 3.63) is 22.5 Å². The van der Waals surface area contributed by atoms with Crippen LogP contribution in [0.1, 0.15) is 43.9 Å². The lowest BCUT2D eigenvalue weighted by molar-refractivity contribution is 0.448. The van der Waals surface area contributed by atoms with Gasteiger partial charge in [-0.05, 0) is 36.8 Å². The van der Waals surface area contributed by atoms with Crippen LogP contribution in [0.15, 0.2) is 10.6 Å². The number of fused-ring (bicyclic) bond motifs is 1. The molecule has 0 atom stereocenters. The van der Waals surface area contributed by atoms with Gasteiger partial charge < -0.3 is 4.52 Å². The minimum Gasteiger partial charge on any atom is -0.334 e. The lowest BCUT2D eigenvalue weighted by Gasteiger charge is -2.07. The smallest absolute Gasteiger partial charge is 0.259 e. The molecule has 17 heavy (non-hydrogen) atoms. The maximum Gasteiger partial charge on any atom is 0.259 e. The van der Waals surface area contributed by atoms with Crippen molar-refractivity contribution in [3.63, 3.8) is 0 Å². The van der Waals surface area contributed by atoms with E-state index in [4.69, 9.17) is 16.1 Å². The van der Waals surface area contributed by atoms with E-state index in [9.17, 15) is 0 Å². The van der Waals surface area contributed by atoms with Gasteiger partial charge in [0, 0.05) is 11.6 Å². The highest BCUT2D eigenvalue weighted by atomic mass is 35.5. The van der Waals surface area contributed by atoms with E-state index in [0.717, 1.165) is 17.5 Å². The summed E-state index contributed by atoms with van der Waals surface area (Å²) in [5.74, 6) is 1.20. The number of hydrogen-bond acceptors (Lipinski definition) is 3. The molecule has 0 spiro atoms. The van der Waals surface area contributed by atoms with Crippen LogP contribution in [0.3, 0.4) is 0 Å². The van der Waals surface area contributed by atoms with Crippen molar-refractivity contribution < 1.29 is 4.52 Å². The van der Waals surface area contributed by atoms with Crippen LogP contribution in [0.4, 0.5) is 0 Å². The van der Waals surface area contributed by atoms with Crippen LogP contribution in [0.2, 0.25) is 5.15 Å². The quantitative estimate of drug-likeness (QED) is 0.828.